The Bertz CT molecular complexity index is 432. The lowest BCUT2D eigenvalue weighted by Crippen LogP contribution is -2.28. The highest BCUT2D eigenvalue weighted by molar-refractivity contribution is 5.76. The number of hydrogen-bond acceptors (Lipinski definition) is 2. The molecule has 0 aliphatic carbocycles. The van der Waals surface area contributed by atoms with Crippen molar-refractivity contribution in [2.75, 3.05) is 19.6 Å². The van der Waals surface area contributed by atoms with Crippen molar-refractivity contribution >= 4 is 5.91 Å². The number of benzene rings is 1. The number of nitrogens with two attached hydrogens (primary N) is 1. The monoisotopic (exact) mass is 288 g/mol. The van der Waals surface area contributed by atoms with Gasteiger partial charge in [-0.25, -0.2) is 0 Å². The molecule has 1 fully saturated rings. The Kier molecular flexibility index (Phi) is 6.24. The molecular weight excluding hydrogens is 260 g/mol. The zero-order chi connectivity index (χ0) is 15.1. The molecule has 0 saturated carbocycles. The molecule has 1 aliphatic heterocycles. The molecular formula is C18H28N2O. The van der Waals surface area contributed by atoms with Gasteiger partial charge in [0.15, 0.2) is 0 Å². The third kappa shape index (κ3) is 4.57. The van der Waals surface area contributed by atoms with Crippen LogP contribution in [0.4, 0.5) is 0 Å². The molecule has 1 saturated heterocycles. The van der Waals surface area contributed by atoms with Crippen LogP contribution in [0.3, 0.4) is 0 Å². The van der Waals surface area contributed by atoms with E-state index in [9.17, 15) is 4.79 Å². The molecule has 1 aromatic carbocycles. The Morgan fingerprint density at radius 3 is 2.76 bits per heavy atom. The standard InChI is InChI=1S/C18H28N2O/c1-2-15(10-12-19)8-9-18(21)20-13-11-17(14-20)16-6-4-3-5-7-16/h3-7,15,17H,2,8-14,19H2,1H3. The molecule has 2 rings (SSSR count). The van der Waals surface area contributed by atoms with E-state index in [-0.39, 0.29) is 0 Å². The highest BCUT2D eigenvalue weighted by atomic mass is 16.2. The van der Waals surface area contributed by atoms with Crippen LogP contribution in [-0.4, -0.2) is 30.4 Å². The summed E-state index contributed by atoms with van der Waals surface area (Å²) in [5.41, 5.74) is 6.98. The van der Waals surface area contributed by atoms with Crippen molar-refractivity contribution in [3.8, 4) is 0 Å². The molecule has 0 aromatic heterocycles. The maximum atomic E-state index is 12.3. The van der Waals surface area contributed by atoms with E-state index in [4.69, 9.17) is 5.73 Å². The van der Waals surface area contributed by atoms with E-state index in [0.717, 1.165) is 45.3 Å². The molecule has 116 valence electrons. The first-order chi connectivity index (χ1) is 10.2. The van der Waals surface area contributed by atoms with Crippen LogP contribution >= 0.6 is 0 Å². The summed E-state index contributed by atoms with van der Waals surface area (Å²) in [5, 5.41) is 0. The summed E-state index contributed by atoms with van der Waals surface area (Å²) >= 11 is 0. The lowest BCUT2D eigenvalue weighted by molar-refractivity contribution is -0.130. The highest BCUT2D eigenvalue weighted by Gasteiger charge is 2.27. The van der Waals surface area contributed by atoms with E-state index in [1.165, 1.54) is 5.56 Å². The van der Waals surface area contributed by atoms with Gasteiger partial charge in [-0.2, -0.15) is 0 Å². The molecule has 1 aromatic rings. The number of hydrogen-bond donors (Lipinski definition) is 1. The van der Waals surface area contributed by atoms with Crippen LogP contribution < -0.4 is 5.73 Å². The lowest BCUT2D eigenvalue weighted by Gasteiger charge is -2.19. The first-order valence-electron chi connectivity index (χ1n) is 8.27. The molecule has 3 heteroatoms. The van der Waals surface area contributed by atoms with Gasteiger partial charge in [-0.1, -0.05) is 43.7 Å². The predicted octanol–water partition coefficient (Wildman–Crippen LogP) is 3.16. The van der Waals surface area contributed by atoms with Gasteiger partial charge in [0.05, 0.1) is 0 Å². The van der Waals surface area contributed by atoms with Gasteiger partial charge < -0.3 is 10.6 Å². The van der Waals surface area contributed by atoms with Gasteiger partial charge in [-0.05, 0) is 37.3 Å². The number of rotatable bonds is 7. The summed E-state index contributed by atoms with van der Waals surface area (Å²) in [5.74, 6) is 1.44. The maximum absolute atomic E-state index is 12.3. The van der Waals surface area contributed by atoms with E-state index < -0.39 is 0 Å². The molecule has 2 unspecified atom stereocenters. The number of carbonyl (C=O) groups excluding carboxylic acids is 1. The maximum Gasteiger partial charge on any atom is 0.222 e. The molecule has 0 spiro atoms. The molecule has 0 radical (unpaired) electrons. The molecule has 1 amide bonds. The Morgan fingerprint density at radius 1 is 1.33 bits per heavy atom. The lowest BCUT2D eigenvalue weighted by atomic mass is 9.96. The van der Waals surface area contributed by atoms with Crippen LogP contribution in [0.2, 0.25) is 0 Å². The molecule has 3 nitrogen and oxygen atoms in total. The fraction of sp³-hybridized carbons (Fsp3) is 0.611. The van der Waals surface area contributed by atoms with Gasteiger partial charge in [-0.15, -0.1) is 0 Å². The van der Waals surface area contributed by atoms with Crippen molar-refractivity contribution < 1.29 is 4.79 Å². The topological polar surface area (TPSA) is 46.3 Å². The fourth-order valence-corrected chi connectivity index (χ4v) is 3.26. The largest absolute Gasteiger partial charge is 0.342 e. The molecule has 2 atom stereocenters. The van der Waals surface area contributed by atoms with Gasteiger partial charge in [-0.3, -0.25) is 4.79 Å². The summed E-state index contributed by atoms with van der Waals surface area (Å²) in [6.45, 7) is 4.71. The minimum absolute atomic E-state index is 0.323. The molecule has 21 heavy (non-hydrogen) atoms. The van der Waals surface area contributed by atoms with Crippen LogP contribution in [0.5, 0.6) is 0 Å². The average molecular weight is 288 g/mol. The van der Waals surface area contributed by atoms with E-state index in [1.807, 2.05) is 11.0 Å². The van der Waals surface area contributed by atoms with E-state index >= 15 is 0 Å². The highest BCUT2D eigenvalue weighted by Crippen LogP contribution is 2.27. The first kappa shape index (κ1) is 16.0. The molecule has 2 N–H and O–H groups in total. The smallest absolute Gasteiger partial charge is 0.222 e. The zero-order valence-corrected chi connectivity index (χ0v) is 13.1. The van der Waals surface area contributed by atoms with Gasteiger partial charge >= 0.3 is 0 Å². The average Bonchev–Trinajstić information content (AvgIpc) is 3.02. The summed E-state index contributed by atoms with van der Waals surface area (Å²) < 4.78 is 0. The normalized spacial score (nSPS) is 19.7. The number of carbonyl (C=O) groups is 1. The van der Waals surface area contributed by atoms with Gasteiger partial charge in [0.25, 0.3) is 0 Å². The van der Waals surface area contributed by atoms with Gasteiger partial charge in [0, 0.05) is 25.4 Å². The Hall–Kier alpha value is -1.35. The number of amides is 1. The first-order valence-corrected chi connectivity index (χ1v) is 8.27. The molecule has 1 heterocycles. The second kappa shape index (κ2) is 8.18. The Labute approximate surface area is 128 Å². The Balaban J connectivity index is 1.79. The third-order valence-corrected chi connectivity index (χ3v) is 4.73. The van der Waals surface area contributed by atoms with Crippen LogP contribution in [0, 0.1) is 5.92 Å². The van der Waals surface area contributed by atoms with Crippen LogP contribution in [0.1, 0.15) is 50.5 Å². The van der Waals surface area contributed by atoms with Crippen molar-refractivity contribution in [2.24, 2.45) is 11.7 Å². The predicted molar refractivity (Wildman–Crippen MR) is 87.1 cm³/mol. The van der Waals surface area contributed by atoms with Crippen LogP contribution in [0.15, 0.2) is 30.3 Å². The minimum atomic E-state index is 0.323. The van der Waals surface area contributed by atoms with E-state index in [1.54, 1.807) is 0 Å². The van der Waals surface area contributed by atoms with Crippen LogP contribution in [-0.2, 0) is 4.79 Å². The summed E-state index contributed by atoms with van der Waals surface area (Å²) in [6.07, 6.45) is 4.92. The summed E-state index contributed by atoms with van der Waals surface area (Å²) in [4.78, 5) is 14.4. The van der Waals surface area contributed by atoms with Crippen LogP contribution in [0.25, 0.3) is 0 Å². The summed E-state index contributed by atoms with van der Waals surface area (Å²) in [7, 11) is 0. The zero-order valence-electron chi connectivity index (χ0n) is 13.1. The van der Waals surface area contributed by atoms with Crippen molar-refractivity contribution in [3.63, 3.8) is 0 Å². The second-order valence-electron chi connectivity index (χ2n) is 6.13. The third-order valence-electron chi connectivity index (χ3n) is 4.73. The SMILES string of the molecule is CCC(CCN)CCC(=O)N1CCC(c2ccccc2)C1. The van der Waals surface area contributed by atoms with Crippen molar-refractivity contribution in [1.29, 1.82) is 0 Å². The van der Waals surface area contributed by atoms with E-state index in [0.29, 0.717) is 24.2 Å². The Morgan fingerprint density at radius 2 is 2.10 bits per heavy atom. The fourth-order valence-electron chi connectivity index (χ4n) is 3.26. The molecule has 0 bridgehead atoms. The summed E-state index contributed by atoms with van der Waals surface area (Å²) in [6, 6.07) is 10.6. The van der Waals surface area contributed by atoms with Gasteiger partial charge in [0.1, 0.15) is 0 Å². The number of nitrogens with zero attached hydrogens (tertiary/aromatic N) is 1. The quantitative estimate of drug-likeness (QED) is 0.837. The minimum Gasteiger partial charge on any atom is -0.342 e. The molecule has 1 aliphatic rings. The van der Waals surface area contributed by atoms with Crippen molar-refractivity contribution in [2.45, 2.75) is 44.9 Å². The van der Waals surface area contributed by atoms with Gasteiger partial charge in [0.2, 0.25) is 5.91 Å². The van der Waals surface area contributed by atoms with E-state index in [2.05, 4.69) is 31.2 Å². The second-order valence-corrected chi connectivity index (χ2v) is 6.13. The van der Waals surface area contributed by atoms with Crippen molar-refractivity contribution in [3.05, 3.63) is 35.9 Å². The number of likely N-dealkylation sites (tertiary alicyclic amines) is 1. The van der Waals surface area contributed by atoms with Crippen molar-refractivity contribution in [1.82, 2.24) is 4.90 Å².